The molecule has 0 aliphatic heterocycles. The first-order valence-corrected chi connectivity index (χ1v) is 8.57. The summed E-state index contributed by atoms with van der Waals surface area (Å²) in [4.78, 5) is 0. The predicted molar refractivity (Wildman–Crippen MR) is 94.8 cm³/mol. The second-order valence-electron chi connectivity index (χ2n) is 5.22. The molecule has 0 aliphatic carbocycles. The van der Waals surface area contributed by atoms with E-state index in [1.54, 1.807) is 19.2 Å². The lowest BCUT2D eigenvalue weighted by atomic mass is 10.2. The van der Waals surface area contributed by atoms with Crippen LogP contribution in [0.3, 0.4) is 0 Å². The number of hydrogen-bond acceptors (Lipinski definition) is 6. The Kier molecular flexibility index (Phi) is 5.57. The minimum Gasteiger partial charge on any atom is -0.497 e. The molecule has 0 saturated carbocycles. The van der Waals surface area contributed by atoms with Gasteiger partial charge in [0.2, 0.25) is 5.16 Å². The average Bonchev–Trinajstić information content (AvgIpc) is 3.01. The van der Waals surface area contributed by atoms with Crippen LogP contribution in [0.15, 0.2) is 53.7 Å². The van der Waals surface area contributed by atoms with E-state index in [0.29, 0.717) is 16.7 Å². The highest BCUT2D eigenvalue weighted by Crippen LogP contribution is 2.26. The molecule has 0 saturated heterocycles. The maximum atomic E-state index is 12.2. The molecule has 0 bridgehead atoms. The molecule has 0 atom stereocenters. The molecule has 0 fully saturated rings. The molecule has 6 nitrogen and oxygen atoms in total. The largest absolute Gasteiger partial charge is 0.497 e. The number of alkyl halides is 2. The topological polar surface area (TPSA) is 75.2 Å². The van der Waals surface area contributed by atoms with Crippen LogP contribution in [0.4, 0.5) is 8.78 Å². The van der Waals surface area contributed by atoms with E-state index in [2.05, 4.69) is 14.9 Å². The van der Waals surface area contributed by atoms with Crippen LogP contribution >= 0.6 is 11.8 Å². The molecule has 0 spiro atoms. The van der Waals surface area contributed by atoms with E-state index in [1.807, 2.05) is 24.3 Å². The molecule has 26 heavy (non-hydrogen) atoms. The third-order valence-corrected chi connectivity index (χ3v) is 4.54. The van der Waals surface area contributed by atoms with Gasteiger partial charge in [0.15, 0.2) is 5.82 Å². The van der Waals surface area contributed by atoms with Crippen molar-refractivity contribution in [2.24, 2.45) is 0 Å². The predicted octanol–water partition coefficient (Wildman–Crippen LogP) is 3.56. The van der Waals surface area contributed by atoms with Gasteiger partial charge >= 0.3 is 6.61 Å². The van der Waals surface area contributed by atoms with Crippen molar-refractivity contribution in [1.82, 2.24) is 14.9 Å². The number of nitrogens with two attached hydrogens (primary N) is 1. The average molecular weight is 378 g/mol. The molecule has 3 rings (SSSR count). The Morgan fingerprint density at radius 1 is 1.04 bits per heavy atom. The number of nitrogens with zero attached hydrogens (tertiary/aromatic N) is 3. The summed E-state index contributed by atoms with van der Waals surface area (Å²) >= 11 is 1.39. The second kappa shape index (κ2) is 8.05. The number of benzene rings is 2. The van der Waals surface area contributed by atoms with Gasteiger partial charge in [-0.25, -0.2) is 4.68 Å². The number of rotatable bonds is 7. The van der Waals surface area contributed by atoms with Crippen LogP contribution in [0.25, 0.3) is 11.4 Å². The zero-order valence-corrected chi connectivity index (χ0v) is 14.6. The van der Waals surface area contributed by atoms with Crippen LogP contribution in [0.5, 0.6) is 11.5 Å². The Balaban J connectivity index is 1.66. The van der Waals surface area contributed by atoms with Gasteiger partial charge in [0, 0.05) is 11.3 Å². The van der Waals surface area contributed by atoms with Crippen molar-refractivity contribution in [3.8, 4) is 22.9 Å². The van der Waals surface area contributed by atoms with E-state index >= 15 is 0 Å². The Morgan fingerprint density at radius 2 is 1.69 bits per heavy atom. The highest BCUT2D eigenvalue weighted by molar-refractivity contribution is 7.98. The molecule has 136 valence electrons. The highest BCUT2D eigenvalue weighted by atomic mass is 32.2. The smallest absolute Gasteiger partial charge is 0.387 e. The van der Waals surface area contributed by atoms with Crippen molar-refractivity contribution in [2.45, 2.75) is 17.5 Å². The lowest BCUT2D eigenvalue weighted by Gasteiger charge is -2.06. The first kappa shape index (κ1) is 18.0. The summed E-state index contributed by atoms with van der Waals surface area (Å²) in [5.41, 5.74) is 1.74. The van der Waals surface area contributed by atoms with Gasteiger partial charge in [-0.15, -0.1) is 10.2 Å². The van der Waals surface area contributed by atoms with E-state index in [4.69, 9.17) is 10.6 Å². The van der Waals surface area contributed by atoms with E-state index in [9.17, 15) is 8.78 Å². The molecule has 1 heterocycles. The molecule has 0 radical (unpaired) electrons. The number of halogens is 2. The third-order valence-electron chi connectivity index (χ3n) is 3.53. The van der Waals surface area contributed by atoms with Crippen molar-refractivity contribution in [3.05, 3.63) is 54.1 Å². The van der Waals surface area contributed by atoms with Crippen LogP contribution in [-0.4, -0.2) is 28.6 Å². The molecule has 0 unspecified atom stereocenters. The first-order valence-electron chi connectivity index (χ1n) is 7.58. The minimum absolute atomic E-state index is 0.123. The van der Waals surface area contributed by atoms with Crippen LogP contribution in [0.1, 0.15) is 5.56 Å². The van der Waals surface area contributed by atoms with Crippen molar-refractivity contribution < 1.29 is 18.3 Å². The van der Waals surface area contributed by atoms with E-state index in [0.717, 1.165) is 16.9 Å². The monoisotopic (exact) mass is 378 g/mol. The first-order chi connectivity index (χ1) is 12.6. The normalized spacial score (nSPS) is 10.9. The number of aromatic nitrogens is 3. The Bertz CT molecular complexity index is 854. The number of ether oxygens (including phenoxy) is 2. The van der Waals surface area contributed by atoms with Crippen molar-refractivity contribution >= 4 is 11.8 Å². The number of nitrogen functional groups attached to an aromatic ring is 1. The quantitative estimate of drug-likeness (QED) is 0.500. The number of hydrogen-bond donors (Lipinski definition) is 1. The van der Waals surface area contributed by atoms with Gasteiger partial charge in [-0.2, -0.15) is 8.78 Å². The molecular weight excluding hydrogens is 362 g/mol. The van der Waals surface area contributed by atoms with Gasteiger partial charge < -0.3 is 15.3 Å². The molecule has 2 aromatic carbocycles. The highest BCUT2D eigenvalue weighted by Gasteiger charge is 2.12. The standard InChI is InChI=1S/C17H16F2N4O2S/c1-24-13-8-4-12(5-9-13)15-21-22-17(23(15)20)26-10-11-2-6-14(7-3-11)25-16(18)19/h2-9,16H,10,20H2,1H3. The Labute approximate surface area is 152 Å². The van der Waals surface area contributed by atoms with E-state index < -0.39 is 6.61 Å². The number of thioether (sulfide) groups is 1. The minimum atomic E-state index is -2.83. The van der Waals surface area contributed by atoms with E-state index in [1.165, 1.54) is 28.6 Å². The van der Waals surface area contributed by atoms with Crippen molar-refractivity contribution in [2.75, 3.05) is 13.0 Å². The fourth-order valence-electron chi connectivity index (χ4n) is 2.23. The molecule has 0 amide bonds. The zero-order chi connectivity index (χ0) is 18.5. The van der Waals surface area contributed by atoms with Crippen LogP contribution < -0.4 is 15.3 Å². The van der Waals surface area contributed by atoms with Crippen molar-refractivity contribution in [1.29, 1.82) is 0 Å². The maximum absolute atomic E-state index is 12.2. The maximum Gasteiger partial charge on any atom is 0.387 e. The summed E-state index contributed by atoms with van der Waals surface area (Å²) in [5.74, 6) is 8.05. The summed E-state index contributed by atoms with van der Waals surface area (Å²) in [6, 6.07) is 13.8. The molecule has 9 heteroatoms. The van der Waals surface area contributed by atoms with E-state index in [-0.39, 0.29) is 5.75 Å². The van der Waals surface area contributed by atoms with Gasteiger partial charge in [0.25, 0.3) is 0 Å². The fourth-order valence-corrected chi connectivity index (χ4v) is 3.04. The zero-order valence-electron chi connectivity index (χ0n) is 13.8. The molecular formula is C17H16F2N4O2S. The summed E-state index contributed by atoms with van der Waals surface area (Å²) in [5, 5.41) is 8.77. The number of methoxy groups -OCH3 is 1. The molecule has 0 aliphatic rings. The van der Waals surface area contributed by atoms with Crippen LogP contribution in [-0.2, 0) is 5.75 Å². The van der Waals surface area contributed by atoms with Gasteiger partial charge in [-0.3, -0.25) is 0 Å². The Morgan fingerprint density at radius 3 is 2.31 bits per heavy atom. The SMILES string of the molecule is COc1ccc(-c2nnc(SCc3ccc(OC(F)F)cc3)n2N)cc1. The molecule has 1 aromatic heterocycles. The summed E-state index contributed by atoms with van der Waals surface area (Å²) in [7, 11) is 1.60. The second-order valence-corrected chi connectivity index (χ2v) is 6.16. The van der Waals surface area contributed by atoms with Gasteiger partial charge in [-0.05, 0) is 42.0 Å². The van der Waals surface area contributed by atoms with Gasteiger partial charge in [0.1, 0.15) is 11.5 Å². The molecule has 2 N–H and O–H groups in total. The van der Waals surface area contributed by atoms with Gasteiger partial charge in [0.05, 0.1) is 7.11 Å². The summed E-state index contributed by atoms with van der Waals surface area (Å²) in [6.45, 7) is -2.83. The lowest BCUT2D eigenvalue weighted by molar-refractivity contribution is -0.0498. The summed E-state index contributed by atoms with van der Waals surface area (Å²) in [6.07, 6.45) is 0. The molecule has 3 aromatic rings. The summed E-state index contributed by atoms with van der Waals surface area (Å²) < 4.78 is 35.2. The fraction of sp³-hybridized carbons (Fsp3) is 0.176. The van der Waals surface area contributed by atoms with Crippen molar-refractivity contribution in [3.63, 3.8) is 0 Å². The third kappa shape index (κ3) is 4.23. The van der Waals surface area contributed by atoms with Crippen LogP contribution in [0.2, 0.25) is 0 Å². The van der Waals surface area contributed by atoms with Crippen LogP contribution in [0, 0.1) is 0 Å². The Hall–Kier alpha value is -2.81. The lowest BCUT2D eigenvalue weighted by Crippen LogP contribution is -2.11. The van der Waals surface area contributed by atoms with Gasteiger partial charge in [-0.1, -0.05) is 23.9 Å².